The van der Waals surface area contributed by atoms with Gasteiger partial charge in [-0.2, -0.15) is 0 Å². The normalized spacial score (nSPS) is 12.1. The van der Waals surface area contributed by atoms with Crippen LogP contribution in [0.5, 0.6) is 0 Å². The number of allylic oxidation sites excluding steroid dienone is 1. The zero-order chi connectivity index (χ0) is 10.4. The van der Waals surface area contributed by atoms with E-state index in [4.69, 9.17) is 0 Å². The van der Waals surface area contributed by atoms with Crippen LogP contribution in [0.1, 0.15) is 19.2 Å². The fourth-order valence-corrected chi connectivity index (χ4v) is 1.35. The van der Waals surface area contributed by atoms with E-state index in [2.05, 4.69) is 27.9 Å². The summed E-state index contributed by atoms with van der Waals surface area (Å²) < 4.78 is 2.06. The highest BCUT2D eigenvalue weighted by atomic mass is 15.0. The molecule has 0 bridgehead atoms. The molecule has 3 nitrogen and oxygen atoms in total. The Kier molecular flexibility index (Phi) is 4.40. The minimum atomic E-state index is 0.952. The lowest BCUT2D eigenvalue weighted by molar-refractivity contribution is 0.790. The van der Waals surface area contributed by atoms with Crippen LogP contribution in [-0.4, -0.2) is 23.1 Å². The first-order chi connectivity index (χ1) is 6.74. The molecule has 0 spiro atoms. The Labute approximate surface area is 85.8 Å². The fourth-order valence-electron chi connectivity index (χ4n) is 1.35. The van der Waals surface area contributed by atoms with Crippen molar-refractivity contribution in [2.45, 2.75) is 19.8 Å². The summed E-state index contributed by atoms with van der Waals surface area (Å²) in [6.07, 6.45) is 8.14. The molecule has 1 heterocycles. The van der Waals surface area contributed by atoms with Crippen LogP contribution >= 0.6 is 0 Å². The van der Waals surface area contributed by atoms with Gasteiger partial charge in [0.2, 0.25) is 0 Å². The van der Waals surface area contributed by atoms with Gasteiger partial charge in [-0.3, -0.25) is 0 Å². The van der Waals surface area contributed by atoms with E-state index < -0.39 is 0 Å². The number of aryl methyl sites for hydroxylation is 1. The predicted octanol–water partition coefficient (Wildman–Crippen LogP) is 1.52. The van der Waals surface area contributed by atoms with E-state index in [9.17, 15) is 0 Å². The molecule has 0 unspecified atom stereocenters. The van der Waals surface area contributed by atoms with Crippen LogP contribution < -0.4 is 5.32 Å². The van der Waals surface area contributed by atoms with Gasteiger partial charge in [-0.1, -0.05) is 11.6 Å². The molecule has 0 radical (unpaired) electrons. The van der Waals surface area contributed by atoms with E-state index >= 15 is 0 Å². The smallest absolute Gasteiger partial charge is 0.112 e. The molecular formula is C11H19N3. The maximum absolute atomic E-state index is 4.29. The van der Waals surface area contributed by atoms with E-state index in [1.165, 1.54) is 5.57 Å². The first kappa shape index (κ1) is 11.0. The highest BCUT2D eigenvalue weighted by Gasteiger charge is 1.99. The van der Waals surface area contributed by atoms with Gasteiger partial charge in [0.25, 0.3) is 0 Å². The molecule has 0 saturated heterocycles. The molecule has 1 N–H and O–H groups in total. The van der Waals surface area contributed by atoms with Gasteiger partial charge in [-0.25, -0.2) is 4.98 Å². The Balaban J connectivity index is 2.44. The lowest BCUT2D eigenvalue weighted by Crippen LogP contribution is -2.06. The van der Waals surface area contributed by atoms with Gasteiger partial charge < -0.3 is 9.88 Å². The molecule has 1 aromatic rings. The third kappa shape index (κ3) is 3.34. The largest absolute Gasteiger partial charge is 0.338 e. The summed E-state index contributed by atoms with van der Waals surface area (Å²) in [5.74, 6) is 1.13. The van der Waals surface area contributed by atoms with Crippen molar-refractivity contribution in [3.05, 3.63) is 29.9 Å². The van der Waals surface area contributed by atoms with Gasteiger partial charge in [0.1, 0.15) is 5.82 Å². The highest BCUT2D eigenvalue weighted by Crippen LogP contribution is 2.05. The van der Waals surface area contributed by atoms with Crippen molar-refractivity contribution in [1.29, 1.82) is 0 Å². The van der Waals surface area contributed by atoms with Crippen LogP contribution in [0.4, 0.5) is 0 Å². The lowest BCUT2D eigenvalue weighted by Gasteiger charge is -2.02. The van der Waals surface area contributed by atoms with Crippen LogP contribution in [0.3, 0.4) is 0 Å². The van der Waals surface area contributed by atoms with E-state index in [1.807, 2.05) is 26.5 Å². The van der Waals surface area contributed by atoms with Crippen molar-refractivity contribution in [3.63, 3.8) is 0 Å². The summed E-state index contributed by atoms with van der Waals surface area (Å²) in [5.41, 5.74) is 1.38. The van der Waals surface area contributed by atoms with E-state index in [0.717, 1.165) is 25.2 Å². The monoisotopic (exact) mass is 193 g/mol. The molecule has 1 rings (SSSR count). The van der Waals surface area contributed by atoms with Gasteiger partial charge in [0, 0.05) is 25.9 Å². The van der Waals surface area contributed by atoms with Gasteiger partial charge >= 0.3 is 0 Å². The fraction of sp³-hybridized carbons (Fsp3) is 0.545. The van der Waals surface area contributed by atoms with Gasteiger partial charge in [0.15, 0.2) is 0 Å². The van der Waals surface area contributed by atoms with Crippen molar-refractivity contribution in [3.8, 4) is 0 Å². The van der Waals surface area contributed by atoms with Gasteiger partial charge in [0.05, 0.1) is 0 Å². The molecule has 3 heteroatoms. The number of hydrogen-bond acceptors (Lipinski definition) is 2. The number of nitrogens with zero attached hydrogens (tertiary/aromatic N) is 2. The average molecular weight is 193 g/mol. The number of nitrogens with one attached hydrogen (secondary N) is 1. The average Bonchev–Trinajstić information content (AvgIpc) is 2.52. The molecular weight excluding hydrogens is 174 g/mol. The maximum Gasteiger partial charge on any atom is 0.112 e. The van der Waals surface area contributed by atoms with E-state index in [-0.39, 0.29) is 0 Å². The Morgan fingerprint density at radius 2 is 2.43 bits per heavy atom. The van der Waals surface area contributed by atoms with Gasteiger partial charge in [-0.05, 0) is 26.9 Å². The first-order valence-electron chi connectivity index (χ1n) is 5.00. The topological polar surface area (TPSA) is 29.9 Å². The molecule has 0 aliphatic carbocycles. The summed E-state index contributed by atoms with van der Waals surface area (Å²) in [7, 11) is 4.01. The third-order valence-electron chi connectivity index (χ3n) is 2.25. The zero-order valence-electron chi connectivity index (χ0n) is 9.25. The summed E-state index contributed by atoms with van der Waals surface area (Å²) in [5, 5.41) is 3.13. The van der Waals surface area contributed by atoms with Crippen molar-refractivity contribution in [1.82, 2.24) is 14.9 Å². The number of aromatic nitrogens is 2. The molecule has 0 aliphatic heterocycles. The molecule has 0 aliphatic rings. The van der Waals surface area contributed by atoms with Crippen LogP contribution in [-0.2, 0) is 13.5 Å². The summed E-state index contributed by atoms with van der Waals surface area (Å²) in [6, 6.07) is 0. The third-order valence-corrected chi connectivity index (χ3v) is 2.25. The van der Waals surface area contributed by atoms with Crippen molar-refractivity contribution < 1.29 is 0 Å². The van der Waals surface area contributed by atoms with Gasteiger partial charge in [-0.15, -0.1) is 0 Å². The second-order valence-corrected chi connectivity index (χ2v) is 3.57. The highest BCUT2D eigenvalue weighted by molar-refractivity contribution is 5.08. The summed E-state index contributed by atoms with van der Waals surface area (Å²) in [4.78, 5) is 4.29. The lowest BCUT2D eigenvalue weighted by atomic mass is 10.1. The van der Waals surface area contributed by atoms with Crippen LogP contribution in [0.15, 0.2) is 24.0 Å². The molecule has 1 aromatic heterocycles. The van der Waals surface area contributed by atoms with Crippen molar-refractivity contribution in [2.75, 3.05) is 13.6 Å². The van der Waals surface area contributed by atoms with E-state index in [1.54, 1.807) is 0 Å². The summed E-state index contributed by atoms with van der Waals surface area (Å²) in [6.45, 7) is 3.20. The van der Waals surface area contributed by atoms with Crippen LogP contribution in [0.25, 0.3) is 0 Å². The molecule has 0 atom stereocenters. The minimum absolute atomic E-state index is 0.952. The molecule has 0 aromatic carbocycles. The van der Waals surface area contributed by atoms with Crippen molar-refractivity contribution >= 4 is 0 Å². The predicted molar refractivity (Wildman–Crippen MR) is 59.2 cm³/mol. The Morgan fingerprint density at radius 1 is 1.64 bits per heavy atom. The maximum atomic E-state index is 4.29. The van der Waals surface area contributed by atoms with Crippen LogP contribution in [0, 0.1) is 0 Å². The molecule has 0 saturated carbocycles. The second kappa shape index (κ2) is 5.60. The molecule has 14 heavy (non-hydrogen) atoms. The Bertz CT molecular complexity index is 299. The molecule has 0 amide bonds. The van der Waals surface area contributed by atoms with Crippen molar-refractivity contribution in [2.24, 2.45) is 7.05 Å². The first-order valence-corrected chi connectivity index (χ1v) is 5.00. The quantitative estimate of drug-likeness (QED) is 0.567. The second-order valence-electron chi connectivity index (χ2n) is 3.57. The SMILES string of the molecule is CNCCC=C(C)Cc1nccn1C. The standard InChI is InChI=1S/C11H19N3/c1-10(5-4-6-12-2)9-11-13-7-8-14(11)3/h5,7-8,12H,4,6,9H2,1-3H3. The van der Waals surface area contributed by atoms with Crippen LogP contribution in [0.2, 0.25) is 0 Å². The Morgan fingerprint density at radius 3 is 3.00 bits per heavy atom. The summed E-state index contributed by atoms with van der Waals surface area (Å²) >= 11 is 0. The Hall–Kier alpha value is -1.09. The molecule has 78 valence electrons. The number of rotatable bonds is 5. The number of imidazole rings is 1. The minimum Gasteiger partial charge on any atom is -0.338 e. The van der Waals surface area contributed by atoms with E-state index in [0.29, 0.717) is 0 Å². The molecule has 0 fully saturated rings. The zero-order valence-corrected chi connectivity index (χ0v) is 9.25. The number of hydrogen-bond donors (Lipinski definition) is 1.